The SMILES string of the molecule is CCCCC/C=C\C/C=C\CCCCCCCCCCCC(=O)OC[C@@H](COC(=O)CCCCCCC/C=C\CCCCCCC)OC(=O)CCCCCCCCCCCCCCCCC. The largest absolute Gasteiger partial charge is 0.462 e. The standard InChI is InChI=1S/C60H110O6/c1-4-7-10-13-16-19-22-25-28-29-30-31-33-35-38-41-44-47-50-53-59(62)65-56-57(55-64-58(61)52-49-46-43-40-37-34-27-24-21-18-15-12-9-6-3)66-60(63)54-51-48-45-42-39-36-32-26-23-20-17-14-11-8-5-2/h16,19,24-25,27-28,57H,4-15,17-18,20-23,26,29-56H2,1-3H3/b19-16-,27-24-,28-25-/t57-/m1/s1. The zero-order valence-electron chi connectivity index (χ0n) is 44.2. The molecule has 0 aromatic rings. The second-order valence-electron chi connectivity index (χ2n) is 19.6. The Labute approximate surface area is 410 Å². The summed E-state index contributed by atoms with van der Waals surface area (Å²) < 4.78 is 16.9. The summed E-state index contributed by atoms with van der Waals surface area (Å²) in [6, 6.07) is 0. The summed E-state index contributed by atoms with van der Waals surface area (Å²) in [5.41, 5.74) is 0. The quantitative estimate of drug-likeness (QED) is 0.0262. The topological polar surface area (TPSA) is 78.9 Å². The highest BCUT2D eigenvalue weighted by molar-refractivity contribution is 5.71. The maximum absolute atomic E-state index is 12.8. The van der Waals surface area contributed by atoms with E-state index in [1.807, 2.05) is 0 Å². The van der Waals surface area contributed by atoms with E-state index in [1.54, 1.807) is 0 Å². The van der Waals surface area contributed by atoms with Crippen LogP contribution in [0.3, 0.4) is 0 Å². The molecule has 0 saturated carbocycles. The predicted octanol–water partition coefficient (Wildman–Crippen LogP) is 19.3. The van der Waals surface area contributed by atoms with E-state index in [9.17, 15) is 14.4 Å². The molecular formula is C60H110O6. The highest BCUT2D eigenvalue weighted by atomic mass is 16.6. The van der Waals surface area contributed by atoms with Gasteiger partial charge in [-0.2, -0.15) is 0 Å². The first-order valence-electron chi connectivity index (χ1n) is 29.0. The van der Waals surface area contributed by atoms with Gasteiger partial charge in [0.2, 0.25) is 0 Å². The van der Waals surface area contributed by atoms with Crippen molar-refractivity contribution in [3.05, 3.63) is 36.5 Å². The molecule has 0 radical (unpaired) electrons. The molecule has 66 heavy (non-hydrogen) atoms. The van der Waals surface area contributed by atoms with Crippen LogP contribution in [-0.2, 0) is 28.6 Å². The van der Waals surface area contributed by atoms with Gasteiger partial charge in [-0.15, -0.1) is 0 Å². The van der Waals surface area contributed by atoms with Crippen LogP contribution < -0.4 is 0 Å². The second kappa shape index (κ2) is 55.2. The van der Waals surface area contributed by atoms with E-state index in [2.05, 4.69) is 57.2 Å². The van der Waals surface area contributed by atoms with Crippen molar-refractivity contribution in [1.29, 1.82) is 0 Å². The molecule has 0 fully saturated rings. The van der Waals surface area contributed by atoms with E-state index in [1.165, 1.54) is 199 Å². The van der Waals surface area contributed by atoms with Gasteiger partial charge in [-0.25, -0.2) is 0 Å². The van der Waals surface area contributed by atoms with Crippen molar-refractivity contribution >= 4 is 17.9 Å². The number of allylic oxidation sites excluding steroid dienone is 6. The van der Waals surface area contributed by atoms with Crippen molar-refractivity contribution in [3.8, 4) is 0 Å². The van der Waals surface area contributed by atoms with Crippen LogP contribution in [0.15, 0.2) is 36.5 Å². The molecule has 386 valence electrons. The Morgan fingerprint density at radius 2 is 0.545 bits per heavy atom. The van der Waals surface area contributed by atoms with Crippen molar-refractivity contribution in [2.75, 3.05) is 13.2 Å². The zero-order chi connectivity index (χ0) is 47.9. The van der Waals surface area contributed by atoms with Crippen LogP contribution in [-0.4, -0.2) is 37.2 Å². The van der Waals surface area contributed by atoms with Gasteiger partial charge in [0.15, 0.2) is 6.10 Å². The third-order valence-corrected chi connectivity index (χ3v) is 12.9. The van der Waals surface area contributed by atoms with Crippen LogP contribution in [0, 0.1) is 0 Å². The lowest BCUT2D eigenvalue weighted by Gasteiger charge is -2.18. The van der Waals surface area contributed by atoms with E-state index in [0.29, 0.717) is 19.3 Å². The summed E-state index contributed by atoms with van der Waals surface area (Å²) in [4.78, 5) is 38.1. The first kappa shape index (κ1) is 63.6. The first-order valence-corrected chi connectivity index (χ1v) is 29.0. The molecule has 0 aromatic carbocycles. The molecule has 0 aliphatic carbocycles. The number of carbonyl (C=O) groups excluding carboxylic acids is 3. The van der Waals surface area contributed by atoms with Crippen LogP contribution >= 0.6 is 0 Å². The Hall–Kier alpha value is -2.37. The molecule has 0 amide bonds. The van der Waals surface area contributed by atoms with E-state index >= 15 is 0 Å². The molecule has 0 bridgehead atoms. The first-order chi connectivity index (χ1) is 32.5. The minimum Gasteiger partial charge on any atom is -0.462 e. The summed E-state index contributed by atoms with van der Waals surface area (Å²) in [5, 5.41) is 0. The molecule has 0 aromatic heterocycles. The lowest BCUT2D eigenvalue weighted by atomic mass is 10.0. The van der Waals surface area contributed by atoms with Gasteiger partial charge in [0.05, 0.1) is 0 Å². The average molecular weight is 928 g/mol. The smallest absolute Gasteiger partial charge is 0.306 e. The average Bonchev–Trinajstić information content (AvgIpc) is 3.31. The van der Waals surface area contributed by atoms with Gasteiger partial charge < -0.3 is 14.2 Å². The molecule has 0 rings (SSSR count). The van der Waals surface area contributed by atoms with Crippen LogP contribution in [0.25, 0.3) is 0 Å². The molecule has 0 aliphatic rings. The van der Waals surface area contributed by atoms with Gasteiger partial charge in [-0.3, -0.25) is 14.4 Å². The predicted molar refractivity (Wildman–Crippen MR) is 284 cm³/mol. The van der Waals surface area contributed by atoms with Crippen molar-refractivity contribution < 1.29 is 28.6 Å². The fourth-order valence-corrected chi connectivity index (χ4v) is 8.47. The molecule has 0 saturated heterocycles. The normalized spacial score (nSPS) is 12.2. The number of rotatable bonds is 53. The van der Waals surface area contributed by atoms with E-state index in [-0.39, 0.29) is 31.1 Å². The number of esters is 3. The number of carbonyl (C=O) groups is 3. The Morgan fingerprint density at radius 3 is 0.879 bits per heavy atom. The number of hydrogen-bond acceptors (Lipinski definition) is 6. The fourth-order valence-electron chi connectivity index (χ4n) is 8.47. The lowest BCUT2D eigenvalue weighted by molar-refractivity contribution is -0.167. The van der Waals surface area contributed by atoms with E-state index in [0.717, 1.165) is 70.6 Å². The van der Waals surface area contributed by atoms with Gasteiger partial charge in [-0.05, 0) is 77.0 Å². The Morgan fingerprint density at radius 1 is 0.303 bits per heavy atom. The summed E-state index contributed by atoms with van der Waals surface area (Å²) in [5.74, 6) is -0.868. The number of ether oxygens (including phenoxy) is 3. The highest BCUT2D eigenvalue weighted by Crippen LogP contribution is 2.16. The summed E-state index contributed by atoms with van der Waals surface area (Å²) in [6.45, 7) is 6.64. The monoisotopic (exact) mass is 927 g/mol. The molecule has 0 aliphatic heterocycles. The molecule has 0 heterocycles. The lowest BCUT2D eigenvalue weighted by Crippen LogP contribution is -2.30. The minimum absolute atomic E-state index is 0.0734. The van der Waals surface area contributed by atoms with Crippen LogP contribution in [0.1, 0.15) is 310 Å². The zero-order valence-corrected chi connectivity index (χ0v) is 44.2. The molecular weight excluding hydrogens is 817 g/mol. The van der Waals surface area contributed by atoms with Crippen LogP contribution in [0.2, 0.25) is 0 Å². The Bertz CT molecular complexity index is 1110. The summed E-state index contributed by atoms with van der Waals surface area (Å²) in [6.07, 6.45) is 65.6. The number of unbranched alkanes of at least 4 members (excludes halogenated alkanes) is 36. The van der Waals surface area contributed by atoms with Gasteiger partial charge in [0, 0.05) is 19.3 Å². The summed E-state index contributed by atoms with van der Waals surface area (Å²) >= 11 is 0. The minimum atomic E-state index is -0.774. The maximum Gasteiger partial charge on any atom is 0.306 e. The van der Waals surface area contributed by atoms with Gasteiger partial charge >= 0.3 is 17.9 Å². The molecule has 0 unspecified atom stereocenters. The van der Waals surface area contributed by atoms with E-state index < -0.39 is 6.10 Å². The van der Waals surface area contributed by atoms with Gasteiger partial charge in [0.1, 0.15) is 13.2 Å². The molecule has 1 atom stereocenters. The van der Waals surface area contributed by atoms with Crippen molar-refractivity contribution in [1.82, 2.24) is 0 Å². The molecule has 0 N–H and O–H groups in total. The van der Waals surface area contributed by atoms with Gasteiger partial charge in [0.25, 0.3) is 0 Å². The number of hydrogen-bond donors (Lipinski definition) is 0. The molecule has 6 nitrogen and oxygen atoms in total. The van der Waals surface area contributed by atoms with Crippen LogP contribution in [0.5, 0.6) is 0 Å². The third kappa shape index (κ3) is 52.6. The summed E-state index contributed by atoms with van der Waals surface area (Å²) in [7, 11) is 0. The fraction of sp³-hybridized carbons (Fsp3) is 0.850. The van der Waals surface area contributed by atoms with E-state index in [4.69, 9.17) is 14.2 Å². The van der Waals surface area contributed by atoms with Crippen molar-refractivity contribution in [2.24, 2.45) is 0 Å². The van der Waals surface area contributed by atoms with Crippen molar-refractivity contribution in [2.45, 2.75) is 316 Å². The third-order valence-electron chi connectivity index (χ3n) is 12.9. The Kier molecular flexibility index (Phi) is 53.2. The van der Waals surface area contributed by atoms with Crippen molar-refractivity contribution in [3.63, 3.8) is 0 Å². The van der Waals surface area contributed by atoms with Gasteiger partial charge in [-0.1, -0.05) is 250 Å². The molecule has 0 spiro atoms. The molecule has 6 heteroatoms. The highest BCUT2D eigenvalue weighted by Gasteiger charge is 2.19. The maximum atomic E-state index is 12.8. The Balaban J connectivity index is 4.34. The van der Waals surface area contributed by atoms with Crippen LogP contribution in [0.4, 0.5) is 0 Å². The second-order valence-corrected chi connectivity index (χ2v) is 19.6.